The molecule has 0 saturated carbocycles. The minimum atomic E-state index is 0.214. The molecule has 4 rings (SSSR count). The highest BCUT2D eigenvalue weighted by Gasteiger charge is 2.28. The highest BCUT2D eigenvalue weighted by Crippen LogP contribution is 2.29. The van der Waals surface area contributed by atoms with E-state index >= 15 is 0 Å². The number of carbonyl (C=O) groups excluding carboxylic acids is 1. The van der Waals surface area contributed by atoms with Crippen molar-refractivity contribution in [1.82, 2.24) is 15.0 Å². The van der Waals surface area contributed by atoms with E-state index in [-0.39, 0.29) is 11.9 Å². The summed E-state index contributed by atoms with van der Waals surface area (Å²) in [5.41, 5.74) is 4.54. The Morgan fingerprint density at radius 1 is 0.933 bits per heavy atom. The molecule has 2 heterocycles. The number of rotatable bonds is 6. The number of benzene rings is 2. The average Bonchev–Trinajstić information content (AvgIpc) is 3.11. The number of hydrogen-bond donors (Lipinski definition) is 0. The van der Waals surface area contributed by atoms with Crippen molar-refractivity contribution in [2.45, 2.75) is 32.7 Å². The van der Waals surface area contributed by atoms with Crippen LogP contribution in [0.1, 0.15) is 40.6 Å². The first-order valence-electron chi connectivity index (χ1n) is 10.7. The maximum Gasteiger partial charge on any atom is 0.222 e. The SMILES string of the molecule is Cc1noc(C)c1CCC(=O)N1CCN(C(c2ccccc2)c2ccccc2)CC1. The summed E-state index contributed by atoms with van der Waals surface area (Å²) in [5, 5.41) is 3.99. The molecule has 0 aliphatic carbocycles. The van der Waals surface area contributed by atoms with Crippen molar-refractivity contribution < 1.29 is 9.32 Å². The molecular formula is C25H29N3O2. The van der Waals surface area contributed by atoms with Crippen molar-refractivity contribution in [1.29, 1.82) is 0 Å². The number of nitrogens with zero attached hydrogens (tertiary/aromatic N) is 3. The van der Waals surface area contributed by atoms with E-state index in [0.29, 0.717) is 12.8 Å². The molecule has 1 saturated heterocycles. The van der Waals surface area contributed by atoms with E-state index < -0.39 is 0 Å². The molecule has 30 heavy (non-hydrogen) atoms. The molecule has 1 fully saturated rings. The van der Waals surface area contributed by atoms with E-state index in [1.54, 1.807) is 0 Å². The fourth-order valence-corrected chi connectivity index (χ4v) is 4.36. The zero-order chi connectivity index (χ0) is 20.9. The standard InChI is InChI=1S/C25H29N3O2/c1-19-23(20(2)30-26-19)13-14-24(29)27-15-17-28(18-16-27)25(21-9-5-3-6-10-21)22-11-7-4-8-12-22/h3-12,25H,13-18H2,1-2H3. The van der Waals surface area contributed by atoms with Crippen molar-refractivity contribution in [3.63, 3.8) is 0 Å². The zero-order valence-electron chi connectivity index (χ0n) is 17.8. The summed E-state index contributed by atoms with van der Waals surface area (Å²) >= 11 is 0. The lowest BCUT2D eigenvalue weighted by molar-refractivity contribution is -0.133. The van der Waals surface area contributed by atoms with Crippen LogP contribution in [0, 0.1) is 13.8 Å². The fraction of sp³-hybridized carbons (Fsp3) is 0.360. The number of carbonyl (C=O) groups is 1. The highest BCUT2D eigenvalue weighted by molar-refractivity contribution is 5.76. The Kier molecular flexibility index (Phi) is 6.29. The molecule has 0 atom stereocenters. The van der Waals surface area contributed by atoms with Crippen LogP contribution in [0.2, 0.25) is 0 Å². The molecule has 156 valence electrons. The number of amides is 1. The predicted molar refractivity (Wildman–Crippen MR) is 117 cm³/mol. The Hall–Kier alpha value is -2.92. The number of hydrogen-bond acceptors (Lipinski definition) is 4. The summed E-state index contributed by atoms with van der Waals surface area (Å²) in [4.78, 5) is 17.3. The van der Waals surface area contributed by atoms with Gasteiger partial charge in [0.2, 0.25) is 5.91 Å². The molecule has 1 aromatic heterocycles. The maximum absolute atomic E-state index is 12.8. The first-order chi connectivity index (χ1) is 14.6. The molecule has 0 bridgehead atoms. The summed E-state index contributed by atoms with van der Waals surface area (Å²) in [5.74, 6) is 1.03. The Morgan fingerprint density at radius 2 is 1.50 bits per heavy atom. The smallest absolute Gasteiger partial charge is 0.222 e. The van der Waals surface area contributed by atoms with Gasteiger partial charge in [0, 0.05) is 38.2 Å². The van der Waals surface area contributed by atoms with E-state index in [1.807, 2.05) is 18.7 Å². The van der Waals surface area contributed by atoms with Crippen LogP contribution in [0.3, 0.4) is 0 Å². The van der Waals surface area contributed by atoms with E-state index in [4.69, 9.17) is 4.52 Å². The van der Waals surface area contributed by atoms with Crippen molar-refractivity contribution >= 4 is 5.91 Å². The molecule has 1 aliphatic rings. The molecule has 3 aromatic rings. The van der Waals surface area contributed by atoms with E-state index in [2.05, 4.69) is 70.7 Å². The van der Waals surface area contributed by atoms with E-state index in [1.165, 1.54) is 11.1 Å². The largest absolute Gasteiger partial charge is 0.361 e. The number of aryl methyl sites for hydroxylation is 2. The Morgan fingerprint density at radius 3 is 2.00 bits per heavy atom. The lowest BCUT2D eigenvalue weighted by Gasteiger charge is -2.40. The fourth-order valence-electron chi connectivity index (χ4n) is 4.36. The minimum absolute atomic E-state index is 0.214. The predicted octanol–water partition coefficient (Wildman–Crippen LogP) is 4.16. The van der Waals surface area contributed by atoms with E-state index in [0.717, 1.165) is 43.2 Å². The second kappa shape index (κ2) is 9.26. The lowest BCUT2D eigenvalue weighted by atomic mass is 9.96. The molecule has 1 aliphatic heterocycles. The zero-order valence-corrected chi connectivity index (χ0v) is 17.8. The van der Waals surface area contributed by atoms with Crippen LogP contribution >= 0.6 is 0 Å². The van der Waals surface area contributed by atoms with Crippen LogP contribution in [-0.2, 0) is 11.2 Å². The maximum atomic E-state index is 12.8. The van der Waals surface area contributed by atoms with Crippen molar-refractivity contribution in [2.24, 2.45) is 0 Å². The molecule has 0 N–H and O–H groups in total. The van der Waals surface area contributed by atoms with Gasteiger partial charge in [-0.15, -0.1) is 0 Å². The molecule has 0 radical (unpaired) electrons. The molecule has 2 aromatic carbocycles. The number of aromatic nitrogens is 1. The van der Waals surface area contributed by atoms with Gasteiger partial charge < -0.3 is 9.42 Å². The second-order valence-electron chi connectivity index (χ2n) is 7.94. The third-order valence-corrected chi connectivity index (χ3v) is 6.03. The number of piperazine rings is 1. The summed E-state index contributed by atoms with van der Waals surface area (Å²) in [6.07, 6.45) is 1.20. The first-order valence-corrected chi connectivity index (χ1v) is 10.7. The second-order valence-corrected chi connectivity index (χ2v) is 7.94. The third kappa shape index (κ3) is 4.46. The first kappa shape index (κ1) is 20.4. The van der Waals surface area contributed by atoms with Gasteiger partial charge in [-0.1, -0.05) is 65.8 Å². The van der Waals surface area contributed by atoms with Crippen LogP contribution < -0.4 is 0 Å². The van der Waals surface area contributed by atoms with E-state index in [9.17, 15) is 4.79 Å². The van der Waals surface area contributed by atoms with Crippen molar-refractivity contribution in [2.75, 3.05) is 26.2 Å². The van der Waals surface area contributed by atoms with Gasteiger partial charge in [0.1, 0.15) is 5.76 Å². The normalized spacial score (nSPS) is 15.0. The lowest BCUT2D eigenvalue weighted by Crippen LogP contribution is -2.49. The minimum Gasteiger partial charge on any atom is -0.361 e. The van der Waals surface area contributed by atoms with Gasteiger partial charge in [0.25, 0.3) is 0 Å². The van der Waals surface area contributed by atoms with Gasteiger partial charge in [-0.25, -0.2) is 0 Å². The van der Waals surface area contributed by atoms with Gasteiger partial charge in [-0.2, -0.15) is 0 Å². The van der Waals surface area contributed by atoms with Crippen LogP contribution in [0.15, 0.2) is 65.2 Å². The molecular weight excluding hydrogens is 374 g/mol. The summed E-state index contributed by atoms with van der Waals surface area (Å²) in [6, 6.07) is 21.5. The summed E-state index contributed by atoms with van der Waals surface area (Å²) in [6.45, 7) is 7.10. The van der Waals surface area contributed by atoms with Crippen LogP contribution in [0.25, 0.3) is 0 Å². The van der Waals surface area contributed by atoms with Gasteiger partial charge in [0.15, 0.2) is 0 Å². The monoisotopic (exact) mass is 403 g/mol. The molecule has 0 unspecified atom stereocenters. The van der Waals surface area contributed by atoms with Crippen molar-refractivity contribution in [3.05, 3.63) is 88.8 Å². The molecule has 1 amide bonds. The Bertz CT molecular complexity index is 902. The average molecular weight is 404 g/mol. The van der Waals surface area contributed by atoms with Gasteiger partial charge in [0.05, 0.1) is 11.7 Å². The summed E-state index contributed by atoms with van der Waals surface area (Å²) in [7, 11) is 0. The Balaban J connectivity index is 1.40. The Labute approximate surface area is 178 Å². The third-order valence-electron chi connectivity index (χ3n) is 6.03. The molecule has 5 nitrogen and oxygen atoms in total. The quantitative estimate of drug-likeness (QED) is 0.620. The molecule has 0 spiro atoms. The topological polar surface area (TPSA) is 49.6 Å². The van der Waals surface area contributed by atoms with Crippen LogP contribution in [-0.4, -0.2) is 47.0 Å². The summed E-state index contributed by atoms with van der Waals surface area (Å²) < 4.78 is 5.22. The van der Waals surface area contributed by atoms with Gasteiger partial charge in [-0.05, 0) is 31.4 Å². The van der Waals surface area contributed by atoms with Crippen LogP contribution in [0.5, 0.6) is 0 Å². The van der Waals surface area contributed by atoms with Crippen molar-refractivity contribution in [3.8, 4) is 0 Å². The van der Waals surface area contributed by atoms with Gasteiger partial charge >= 0.3 is 0 Å². The highest BCUT2D eigenvalue weighted by atomic mass is 16.5. The molecule has 5 heteroatoms. The van der Waals surface area contributed by atoms with Gasteiger partial charge in [-0.3, -0.25) is 9.69 Å². The van der Waals surface area contributed by atoms with Crippen LogP contribution in [0.4, 0.5) is 0 Å².